The molecule has 1 heterocycles. The van der Waals surface area contributed by atoms with Crippen LogP contribution in [0.2, 0.25) is 5.82 Å². The average Bonchev–Trinajstić information content (AvgIpc) is 3.02. The van der Waals surface area contributed by atoms with E-state index in [9.17, 15) is 0 Å². The van der Waals surface area contributed by atoms with Crippen molar-refractivity contribution in [1.82, 2.24) is 0 Å². The molecule has 0 saturated carbocycles. The van der Waals surface area contributed by atoms with Gasteiger partial charge < -0.3 is 21.7 Å². The summed E-state index contributed by atoms with van der Waals surface area (Å²) in [4.78, 5) is 2.45. The molecule has 0 amide bonds. The van der Waals surface area contributed by atoms with Gasteiger partial charge in [0.25, 0.3) is 0 Å². The molecule has 0 saturated heterocycles. The van der Waals surface area contributed by atoms with Crippen molar-refractivity contribution in [3.05, 3.63) is 131 Å². The first kappa shape index (κ1) is 31.2. The van der Waals surface area contributed by atoms with Crippen LogP contribution in [0.25, 0.3) is 0 Å². The van der Waals surface area contributed by atoms with Gasteiger partial charge in [0, 0.05) is 39.8 Å². The maximum atomic E-state index is 6.90. The number of nitrogens with two attached hydrogens (primary N) is 2. The summed E-state index contributed by atoms with van der Waals surface area (Å²) in [7, 11) is 0.698. The molecule has 0 bridgehead atoms. The molecule has 0 spiro atoms. The summed E-state index contributed by atoms with van der Waals surface area (Å²) in [6.45, 7) is 13.2. The molecular formula is C40H44B2N4. The fraction of sp³-hybridized carbons (Fsp3) is 0.200. The van der Waals surface area contributed by atoms with Crippen LogP contribution in [-0.2, 0) is 0 Å². The number of benzene rings is 5. The highest BCUT2D eigenvalue weighted by Crippen LogP contribution is 2.41. The Morgan fingerprint density at radius 1 is 0.717 bits per heavy atom. The van der Waals surface area contributed by atoms with Crippen LogP contribution in [0.3, 0.4) is 0 Å². The molecule has 46 heavy (non-hydrogen) atoms. The molecule has 0 fully saturated rings. The molecule has 0 aromatic heterocycles. The van der Waals surface area contributed by atoms with Crippen molar-refractivity contribution >= 4 is 70.0 Å². The summed E-state index contributed by atoms with van der Waals surface area (Å²) in [5, 5.41) is 3.65. The van der Waals surface area contributed by atoms with Crippen LogP contribution >= 0.6 is 0 Å². The van der Waals surface area contributed by atoms with E-state index in [2.05, 4.69) is 149 Å². The normalized spacial score (nSPS) is 15.2. The number of rotatable bonds is 7. The standard InChI is InChI=1S/C40H44B2N4/c1-7-8-39-29(6)42(35-22-28(5)14-20-40(35)46(39)31-17-11-26(3)12-18-31)34-23-32(36(43)24-37(34)44)41-33-21-27(4)13-19-38(33)45-30-15-9-25(2)10-16-30/h8-24,29,41,45H,7,43-44H2,1-6H3/b39-8+. The molecule has 4 nitrogen and oxygen atoms in total. The van der Waals surface area contributed by atoms with Crippen molar-refractivity contribution < 1.29 is 0 Å². The third-order valence-electron chi connectivity index (χ3n) is 9.34. The maximum absolute atomic E-state index is 6.90. The van der Waals surface area contributed by atoms with E-state index >= 15 is 0 Å². The van der Waals surface area contributed by atoms with Crippen LogP contribution in [0.1, 0.15) is 42.5 Å². The van der Waals surface area contributed by atoms with Gasteiger partial charge >= 0.3 is 0 Å². The molecular weight excluding hydrogens is 558 g/mol. The largest absolute Gasteiger partial charge is 0.399 e. The second-order valence-corrected chi connectivity index (χ2v) is 13.0. The van der Waals surface area contributed by atoms with Crippen LogP contribution in [0.4, 0.5) is 34.1 Å². The number of nitrogen functional groups attached to an aromatic ring is 2. The molecule has 0 aliphatic carbocycles. The molecule has 5 N–H and O–H groups in total. The number of hydrogen-bond acceptors (Lipinski definition) is 4. The Hall–Kier alpha value is -4.83. The minimum absolute atomic E-state index is 0.0800. The summed E-state index contributed by atoms with van der Waals surface area (Å²) in [5.74, 6) is 0.187. The number of allylic oxidation sites excluding steroid dienone is 2. The summed E-state index contributed by atoms with van der Waals surface area (Å²) in [6, 6.07) is 35.0. The highest BCUT2D eigenvalue weighted by Gasteiger charge is 2.40. The van der Waals surface area contributed by atoms with Crippen LogP contribution in [0, 0.1) is 27.7 Å². The Morgan fingerprint density at radius 2 is 1.35 bits per heavy atom. The highest BCUT2D eigenvalue weighted by molar-refractivity contribution is 6.90. The lowest BCUT2D eigenvalue weighted by Gasteiger charge is -2.42. The Labute approximate surface area is 275 Å². The van der Waals surface area contributed by atoms with Crippen molar-refractivity contribution in [2.24, 2.45) is 0 Å². The molecule has 0 radical (unpaired) electrons. The molecule has 5 aromatic carbocycles. The van der Waals surface area contributed by atoms with Crippen LogP contribution in [0.5, 0.6) is 0 Å². The zero-order valence-corrected chi connectivity index (χ0v) is 28.0. The van der Waals surface area contributed by atoms with Crippen molar-refractivity contribution in [1.29, 1.82) is 0 Å². The number of hydrogen-bond donors (Lipinski definition) is 3. The van der Waals surface area contributed by atoms with Crippen molar-refractivity contribution in [2.75, 3.05) is 21.7 Å². The van der Waals surface area contributed by atoms with E-state index in [1.54, 1.807) is 0 Å². The second-order valence-electron chi connectivity index (χ2n) is 13.0. The lowest BCUT2D eigenvalue weighted by atomic mass is 9.31. The first-order valence-electron chi connectivity index (χ1n) is 16.4. The van der Waals surface area contributed by atoms with E-state index in [0.717, 1.165) is 40.1 Å². The second kappa shape index (κ2) is 12.9. The number of fused-ring (bicyclic) bond motifs is 1. The van der Waals surface area contributed by atoms with Gasteiger partial charge in [-0.2, -0.15) is 0 Å². The molecule has 6 rings (SSSR count). The Kier molecular flexibility index (Phi) is 8.73. The van der Waals surface area contributed by atoms with Gasteiger partial charge in [0.15, 0.2) is 7.28 Å². The van der Waals surface area contributed by atoms with E-state index in [1.165, 1.54) is 50.3 Å². The summed E-state index contributed by atoms with van der Waals surface area (Å²) < 4.78 is 0. The van der Waals surface area contributed by atoms with E-state index in [4.69, 9.17) is 11.5 Å². The first-order chi connectivity index (χ1) is 22.1. The van der Waals surface area contributed by atoms with Crippen molar-refractivity contribution in [3.8, 4) is 0 Å². The average molecular weight is 602 g/mol. The third kappa shape index (κ3) is 6.17. The summed E-state index contributed by atoms with van der Waals surface area (Å²) in [6.07, 6.45) is 3.33. The fourth-order valence-corrected chi connectivity index (χ4v) is 6.92. The van der Waals surface area contributed by atoms with E-state index in [-0.39, 0.29) is 12.5 Å². The van der Waals surface area contributed by atoms with Crippen molar-refractivity contribution in [2.45, 2.75) is 53.8 Å². The van der Waals surface area contributed by atoms with Gasteiger partial charge in [0.05, 0.1) is 0 Å². The zero-order valence-electron chi connectivity index (χ0n) is 28.0. The monoisotopic (exact) mass is 602 g/mol. The van der Waals surface area contributed by atoms with Gasteiger partial charge in [-0.25, -0.2) is 0 Å². The number of nitrogens with zero attached hydrogens (tertiary/aromatic N) is 1. The molecule has 6 heteroatoms. The van der Waals surface area contributed by atoms with Gasteiger partial charge in [0.2, 0.25) is 6.71 Å². The lowest BCUT2D eigenvalue weighted by molar-refractivity contribution is 0.958. The summed E-state index contributed by atoms with van der Waals surface area (Å²) in [5.41, 5.74) is 30.6. The van der Waals surface area contributed by atoms with Gasteiger partial charge in [-0.1, -0.05) is 113 Å². The van der Waals surface area contributed by atoms with Gasteiger partial charge in [-0.05, 0) is 87.9 Å². The van der Waals surface area contributed by atoms with Gasteiger partial charge in [-0.3, -0.25) is 0 Å². The fourth-order valence-electron chi connectivity index (χ4n) is 6.92. The van der Waals surface area contributed by atoms with Crippen LogP contribution in [-0.4, -0.2) is 14.0 Å². The SMILES string of the molecule is CC/C=C1\C(C)B(c2cc(Bc3cc(C)ccc3Nc3ccc(C)cc3)c(N)cc2N)c2cc(C)ccc2N1c1ccc(C)cc1. The molecule has 5 aromatic rings. The Morgan fingerprint density at radius 3 is 2.04 bits per heavy atom. The Bertz CT molecular complexity index is 1910. The van der Waals surface area contributed by atoms with Crippen molar-refractivity contribution in [3.63, 3.8) is 0 Å². The van der Waals surface area contributed by atoms with Crippen LogP contribution < -0.4 is 43.5 Å². The molecule has 1 aliphatic rings. The molecule has 230 valence electrons. The van der Waals surface area contributed by atoms with Gasteiger partial charge in [0.1, 0.15) is 0 Å². The molecule has 1 aliphatic heterocycles. The highest BCUT2D eigenvalue weighted by atomic mass is 15.2. The topological polar surface area (TPSA) is 67.3 Å². The summed E-state index contributed by atoms with van der Waals surface area (Å²) >= 11 is 0. The third-order valence-corrected chi connectivity index (χ3v) is 9.34. The van der Waals surface area contributed by atoms with Crippen LogP contribution in [0.15, 0.2) is 109 Å². The van der Waals surface area contributed by atoms with E-state index < -0.39 is 0 Å². The smallest absolute Gasteiger partial charge is 0.223 e. The quantitative estimate of drug-likeness (QED) is 0.144. The molecule has 1 atom stereocenters. The minimum atomic E-state index is 0.0800. The van der Waals surface area contributed by atoms with Gasteiger partial charge in [-0.15, -0.1) is 0 Å². The minimum Gasteiger partial charge on any atom is -0.399 e. The van der Waals surface area contributed by atoms with E-state index in [0.29, 0.717) is 7.28 Å². The maximum Gasteiger partial charge on any atom is 0.223 e. The Balaban J connectivity index is 1.45. The zero-order chi connectivity index (χ0) is 32.5. The number of nitrogens with one attached hydrogen (secondary N) is 1. The molecule has 1 unspecified atom stereocenters. The predicted octanol–water partition coefficient (Wildman–Crippen LogP) is 6.66. The number of aryl methyl sites for hydroxylation is 4. The van der Waals surface area contributed by atoms with E-state index in [1.807, 2.05) is 6.07 Å². The first-order valence-corrected chi connectivity index (χ1v) is 16.4. The predicted molar refractivity (Wildman–Crippen MR) is 205 cm³/mol. The number of anilines is 6. The lowest BCUT2D eigenvalue weighted by Crippen LogP contribution is -2.54.